The molecule has 1 aliphatic carbocycles. The van der Waals surface area contributed by atoms with Gasteiger partial charge in [0.05, 0.1) is 6.61 Å². The van der Waals surface area contributed by atoms with Crippen molar-refractivity contribution in [3.05, 3.63) is 0 Å². The fraction of sp³-hybridized carbons (Fsp3) is 1.00. The average Bonchev–Trinajstić information content (AvgIpc) is 2.41. The van der Waals surface area contributed by atoms with Crippen LogP contribution in [0.1, 0.15) is 26.2 Å². The van der Waals surface area contributed by atoms with E-state index in [0.29, 0.717) is 30.7 Å². The van der Waals surface area contributed by atoms with E-state index in [4.69, 9.17) is 5.73 Å². The van der Waals surface area contributed by atoms with Crippen LogP contribution in [0, 0.1) is 5.92 Å². The maximum absolute atomic E-state index is 9.27. The van der Waals surface area contributed by atoms with Crippen LogP contribution < -0.4 is 5.73 Å². The number of rotatable bonds is 2. The lowest BCUT2D eigenvalue weighted by atomic mass is 9.85. The third kappa shape index (κ3) is 1.60. The number of aliphatic hydroxyl groups is 1. The number of nitrogens with zero attached hydrogens (tertiary/aromatic N) is 1. The Morgan fingerprint density at radius 2 is 2.15 bits per heavy atom. The van der Waals surface area contributed by atoms with E-state index in [1.807, 2.05) is 0 Å². The van der Waals surface area contributed by atoms with Gasteiger partial charge in [0.2, 0.25) is 0 Å². The van der Waals surface area contributed by atoms with Crippen LogP contribution in [-0.4, -0.2) is 41.3 Å². The molecule has 1 heterocycles. The molecular formula is C10H20N2O. The number of aliphatic hydroxyl groups excluding tert-OH is 1. The average molecular weight is 184 g/mol. The molecule has 76 valence electrons. The standard InChI is InChI=1S/C10H20N2O/c1-7-2-3-12(10(7)6-13)9-4-8(11)5-9/h7-10,13H,2-6,11H2,1H3. The van der Waals surface area contributed by atoms with Crippen molar-refractivity contribution in [1.29, 1.82) is 0 Å². The van der Waals surface area contributed by atoms with Crippen LogP contribution in [0.5, 0.6) is 0 Å². The minimum Gasteiger partial charge on any atom is -0.395 e. The van der Waals surface area contributed by atoms with Gasteiger partial charge < -0.3 is 10.8 Å². The normalized spacial score (nSPS) is 46.4. The monoisotopic (exact) mass is 184 g/mol. The summed E-state index contributed by atoms with van der Waals surface area (Å²) >= 11 is 0. The Bertz CT molecular complexity index is 180. The van der Waals surface area contributed by atoms with Crippen molar-refractivity contribution in [3.8, 4) is 0 Å². The Balaban J connectivity index is 1.92. The van der Waals surface area contributed by atoms with Crippen molar-refractivity contribution >= 4 is 0 Å². The Hall–Kier alpha value is -0.120. The van der Waals surface area contributed by atoms with Gasteiger partial charge in [-0.2, -0.15) is 0 Å². The molecule has 3 heteroatoms. The highest BCUT2D eigenvalue weighted by molar-refractivity contribution is 4.96. The second-order valence-electron chi connectivity index (χ2n) is 4.64. The van der Waals surface area contributed by atoms with Crippen LogP contribution in [0.15, 0.2) is 0 Å². The number of hydrogen-bond acceptors (Lipinski definition) is 3. The summed E-state index contributed by atoms with van der Waals surface area (Å²) in [5.74, 6) is 0.654. The predicted molar refractivity (Wildman–Crippen MR) is 52.4 cm³/mol. The second kappa shape index (κ2) is 3.56. The summed E-state index contributed by atoms with van der Waals surface area (Å²) in [5, 5.41) is 9.27. The molecule has 1 aliphatic heterocycles. The molecule has 2 unspecified atom stereocenters. The van der Waals surface area contributed by atoms with E-state index in [-0.39, 0.29) is 0 Å². The molecule has 0 aromatic carbocycles. The minimum absolute atomic E-state index is 0.312. The highest BCUT2D eigenvalue weighted by atomic mass is 16.3. The third-order valence-corrected chi connectivity index (χ3v) is 3.73. The van der Waals surface area contributed by atoms with Crippen LogP contribution in [0.4, 0.5) is 0 Å². The van der Waals surface area contributed by atoms with Crippen LogP contribution in [0.25, 0.3) is 0 Å². The molecule has 0 aromatic heterocycles. The van der Waals surface area contributed by atoms with Gasteiger partial charge in [-0.3, -0.25) is 4.90 Å². The molecule has 0 amide bonds. The first kappa shape index (κ1) is 9.44. The Labute approximate surface area is 79.9 Å². The molecule has 2 atom stereocenters. The largest absolute Gasteiger partial charge is 0.395 e. The highest BCUT2D eigenvalue weighted by Crippen LogP contribution is 2.33. The molecule has 1 saturated heterocycles. The van der Waals surface area contributed by atoms with Crippen molar-refractivity contribution < 1.29 is 5.11 Å². The summed E-state index contributed by atoms with van der Waals surface area (Å²) in [4.78, 5) is 2.47. The molecular weight excluding hydrogens is 164 g/mol. The summed E-state index contributed by atoms with van der Waals surface area (Å²) in [7, 11) is 0. The fourth-order valence-electron chi connectivity index (χ4n) is 2.68. The van der Waals surface area contributed by atoms with Crippen LogP contribution in [-0.2, 0) is 0 Å². The van der Waals surface area contributed by atoms with Crippen molar-refractivity contribution in [2.24, 2.45) is 11.7 Å². The zero-order valence-corrected chi connectivity index (χ0v) is 8.32. The first-order valence-electron chi connectivity index (χ1n) is 5.34. The molecule has 3 nitrogen and oxygen atoms in total. The summed E-state index contributed by atoms with van der Waals surface area (Å²) in [5.41, 5.74) is 5.77. The van der Waals surface area contributed by atoms with E-state index in [2.05, 4.69) is 11.8 Å². The van der Waals surface area contributed by atoms with Crippen LogP contribution in [0.2, 0.25) is 0 Å². The van der Waals surface area contributed by atoms with Gasteiger partial charge in [0.1, 0.15) is 0 Å². The van der Waals surface area contributed by atoms with Crippen molar-refractivity contribution in [2.75, 3.05) is 13.2 Å². The molecule has 0 aromatic rings. The maximum atomic E-state index is 9.27. The SMILES string of the molecule is CC1CCN(C2CC(N)C2)C1CO. The maximum Gasteiger partial charge on any atom is 0.0589 e. The molecule has 0 bridgehead atoms. The molecule has 13 heavy (non-hydrogen) atoms. The summed E-state index contributed by atoms with van der Waals surface area (Å²) in [6.07, 6.45) is 3.49. The second-order valence-corrected chi connectivity index (χ2v) is 4.64. The van der Waals surface area contributed by atoms with Crippen molar-refractivity contribution in [2.45, 2.75) is 44.3 Å². The number of hydrogen-bond donors (Lipinski definition) is 2. The van der Waals surface area contributed by atoms with Crippen molar-refractivity contribution in [1.82, 2.24) is 4.90 Å². The van der Waals surface area contributed by atoms with E-state index in [0.717, 1.165) is 19.4 Å². The summed E-state index contributed by atoms with van der Waals surface area (Å²) in [6.45, 7) is 3.70. The Morgan fingerprint density at radius 3 is 2.69 bits per heavy atom. The first-order chi connectivity index (χ1) is 6.22. The third-order valence-electron chi connectivity index (χ3n) is 3.73. The molecule has 0 radical (unpaired) electrons. The van der Waals surface area contributed by atoms with Gasteiger partial charge in [0, 0.05) is 18.1 Å². The van der Waals surface area contributed by atoms with Crippen molar-refractivity contribution in [3.63, 3.8) is 0 Å². The van der Waals surface area contributed by atoms with Gasteiger partial charge in [-0.05, 0) is 31.7 Å². The first-order valence-corrected chi connectivity index (χ1v) is 5.34. The van der Waals surface area contributed by atoms with E-state index < -0.39 is 0 Å². The van der Waals surface area contributed by atoms with Gasteiger partial charge in [-0.25, -0.2) is 0 Å². The van der Waals surface area contributed by atoms with E-state index in [1.54, 1.807) is 0 Å². The van der Waals surface area contributed by atoms with Gasteiger partial charge in [0.15, 0.2) is 0 Å². The van der Waals surface area contributed by atoms with Gasteiger partial charge in [0.25, 0.3) is 0 Å². The zero-order chi connectivity index (χ0) is 9.42. The molecule has 3 N–H and O–H groups in total. The lowest BCUT2D eigenvalue weighted by Crippen LogP contribution is -2.53. The highest BCUT2D eigenvalue weighted by Gasteiger charge is 2.39. The number of likely N-dealkylation sites (tertiary alicyclic amines) is 1. The molecule has 2 aliphatic rings. The molecule has 2 fully saturated rings. The van der Waals surface area contributed by atoms with Crippen LogP contribution >= 0.6 is 0 Å². The van der Waals surface area contributed by atoms with E-state index in [9.17, 15) is 5.11 Å². The van der Waals surface area contributed by atoms with E-state index >= 15 is 0 Å². The number of nitrogens with two attached hydrogens (primary N) is 1. The predicted octanol–water partition coefficient (Wildman–Crippen LogP) is 0.179. The van der Waals surface area contributed by atoms with Gasteiger partial charge in [-0.1, -0.05) is 6.92 Å². The van der Waals surface area contributed by atoms with Gasteiger partial charge >= 0.3 is 0 Å². The van der Waals surface area contributed by atoms with Crippen LogP contribution in [0.3, 0.4) is 0 Å². The zero-order valence-electron chi connectivity index (χ0n) is 8.32. The van der Waals surface area contributed by atoms with E-state index in [1.165, 1.54) is 6.42 Å². The Kier molecular flexibility index (Phi) is 2.58. The summed E-state index contributed by atoms with van der Waals surface area (Å²) < 4.78 is 0. The topological polar surface area (TPSA) is 49.5 Å². The molecule has 2 rings (SSSR count). The fourth-order valence-corrected chi connectivity index (χ4v) is 2.68. The minimum atomic E-state index is 0.312. The lowest BCUT2D eigenvalue weighted by Gasteiger charge is -2.42. The van der Waals surface area contributed by atoms with Gasteiger partial charge in [-0.15, -0.1) is 0 Å². The quantitative estimate of drug-likeness (QED) is 0.643. The summed E-state index contributed by atoms with van der Waals surface area (Å²) in [6, 6.07) is 1.48. The Morgan fingerprint density at radius 1 is 1.46 bits per heavy atom. The smallest absolute Gasteiger partial charge is 0.0589 e. The molecule has 1 saturated carbocycles. The molecule has 0 spiro atoms. The lowest BCUT2D eigenvalue weighted by molar-refractivity contribution is 0.0568.